The van der Waals surface area contributed by atoms with Crippen LogP contribution >= 0.6 is 0 Å². The third-order valence-electron chi connectivity index (χ3n) is 4.67. The van der Waals surface area contributed by atoms with Crippen molar-refractivity contribution in [2.75, 3.05) is 23.8 Å². The molecule has 4 rings (SSSR count). The van der Waals surface area contributed by atoms with Gasteiger partial charge in [0.25, 0.3) is 0 Å². The maximum atomic E-state index is 13.4. The van der Waals surface area contributed by atoms with E-state index in [1.807, 2.05) is 0 Å². The Balaban J connectivity index is 1.63. The smallest absolute Gasteiger partial charge is 0.376 e. The van der Waals surface area contributed by atoms with Gasteiger partial charge in [0, 0.05) is 31.1 Å². The number of rotatable bonds is 6. The molecule has 0 spiro atoms. The standard InChI is InChI=1S/C19H19F4N7O/c20-15-9-11(6-7-24-15)26-18-29-16(13-4-1-5-14(27-13)19(21,22)23)28-17(30-18)25-10-12-3-2-8-31-12/h1,4,6-7,9,12,14H,2-3,5,8,10H2,(H2,24,25,26,28,29,30). The van der Waals surface area contributed by atoms with Gasteiger partial charge in [-0.3, -0.25) is 4.99 Å². The highest BCUT2D eigenvalue weighted by Gasteiger charge is 2.40. The van der Waals surface area contributed by atoms with E-state index in [4.69, 9.17) is 4.74 Å². The molecule has 12 heteroatoms. The molecule has 0 aliphatic carbocycles. The quantitative estimate of drug-likeness (QED) is 0.528. The van der Waals surface area contributed by atoms with Gasteiger partial charge < -0.3 is 15.4 Å². The largest absolute Gasteiger partial charge is 0.411 e. The number of pyridine rings is 1. The van der Waals surface area contributed by atoms with Crippen LogP contribution in [0.2, 0.25) is 0 Å². The van der Waals surface area contributed by atoms with Crippen LogP contribution in [0, 0.1) is 5.95 Å². The number of anilines is 3. The van der Waals surface area contributed by atoms with Crippen LogP contribution in [0.1, 0.15) is 25.1 Å². The zero-order valence-electron chi connectivity index (χ0n) is 16.2. The van der Waals surface area contributed by atoms with Crippen LogP contribution in [0.3, 0.4) is 0 Å². The SMILES string of the molecule is Fc1cc(Nc2nc(NCC3CCCO3)nc(C3=NC(C(F)(F)F)CC=C3)n2)ccn1. The van der Waals surface area contributed by atoms with E-state index in [-0.39, 0.29) is 36.0 Å². The van der Waals surface area contributed by atoms with Crippen LogP contribution in [0.15, 0.2) is 35.5 Å². The Labute approximate surface area is 174 Å². The maximum Gasteiger partial charge on any atom is 0.411 e. The van der Waals surface area contributed by atoms with E-state index in [0.29, 0.717) is 18.8 Å². The van der Waals surface area contributed by atoms with Gasteiger partial charge in [-0.25, -0.2) is 4.98 Å². The number of allylic oxidation sites excluding steroid dienone is 1. The zero-order chi connectivity index (χ0) is 21.8. The summed E-state index contributed by atoms with van der Waals surface area (Å²) < 4.78 is 58.4. The molecule has 1 saturated heterocycles. The number of hydrogen-bond donors (Lipinski definition) is 2. The van der Waals surface area contributed by atoms with Crippen molar-refractivity contribution >= 4 is 23.3 Å². The second-order valence-electron chi connectivity index (χ2n) is 7.02. The minimum atomic E-state index is -4.47. The van der Waals surface area contributed by atoms with Crippen LogP contribution in [0.25, 0.3) is 0 Å². The second kappa shape index (κ2) is 8.92. The molecule has 0 aromatic carbocycles. The van der Waals surface area contributed by atoms with Crippen molar-refractivity contribution in [3.05, 3.63) is 42.3 Å². The minimum Gasteiger partial charge on any atom is -0.376 e. The molecule has 8 nitrogen and oxygen atoms in total. The fourth-order valence-corrected chi connectivity index (χ4v) is 3.16. The summed E-state index contributed by atoms with van der Waals surface area (Å²) in [7, 11) is 0. The predicted molar refractivity (Wildman–Crippen MR) is 105 cm³/mol. The van der Waals surface area contributed by atoms with Crippen molar-refractivity contribution in [2.45, 2.75) is 37.6 Å². The van der Waals surface area contributed by atoms with Gasteiger partial charge >= 0.3 is 6.18 Å². The number of ether oxygens (including phenoxy) is 1. The van der Waals surface area contributed by atoms with E-state index in [2.05, 4.69) is 35.6 Å². The highest BCUT2D eigenvalue weighted by Crippen LogP contribution is 2.28. The molecule has 2 atom stereocenters. The third-order valence-corrected chi connectivity index (χ3v) is 4.67. The number of nitrogens with one attached hydrogen (secondary N) is 2. The molecular weight excluding hydrogens is 418 g/mol. The van der Waals surface area contributed by atoms with Gasteiger partial charge in [-0.2, -0.15) is 32.5 Å². The first-order valence-electron chi connectivity index (χ1n) is 9.68. The topological polar surface area (TPSA) is 97.2 Å². The normalized spacial score (nSPS) is 21.1. The lowest BCUT2D eigenvalue weighted by molar-refractivity contribution is -0.146. The van der Waals surface area contributed by atoms with Crippen molar-refractivity contribution in [1.82, 2.24) is 19.9 Å². The van der Waals surface area contributed by atoms with Gasteiger partial charge in [0.05, 0.1) is 6.10 Å². The molecule has 31 heavy (non-hydrogen) atoms. The monoisotopic (exact) mass is 437 g/mol. The molecular formula is C19H19F4N7O. The summed E-state index contributed by atoms with van der Waals surface area (Å²) >= 11 is 0. The minimum absolute atomic E-state index is 0.00700. The van der Waals surface area contributed by atoms with Crippen LogP contribution in [-0.2, 0) is 4.74 Å². The van der Waals surface area contributed by atoms with Gasteiger partial charge in [-0.15, -0.1) is 0 Å². The van der Waals surface area contributed by atoms with E-state index in [1.165, 1.54) is 24.4 Å². The Morgan fingerprint density at radius 2 is 2.00 bits per heavy atom. The maximum absolute atomic E-state index is 13.4. The summed E-state index contributed by atoms with van der Waals surface area (Å²) in [5.74, 6) is -0.575. The molecule has 2 N–H and O–H groups in total. The number of alkyl halides is 3. The van der Waals surface area contributed by atoms with Crippen LogP contribution in [-0.4, -0.2) is 57.1 Å². The van der Waals surface area contributed by atoms with Gasteiger partial charge in [0.2, 0.25) is 17.8 Å². The number of hydrogen-bond acceptors (Lipinski definition) is 8. The van der Waals surface area contributed by atoms with E-state index >= 15 is 0 Å². The Kier molecular flexibility index (Phi) is 6.07. The average Bonchev–Trinajstić information content (AvgIpc) is 3.25. The van der Waals surface area contributed by atoms with Gasteiger partial charge in [-0.05, 0) is 31.4 Å². The molecule has 0 amide bonds. The fraction of sp³-hybridized carbons (Fsp3) is 0.421. The zero-order valence-corrected chi connectivity index (χ0v) is 16.2. The lowest BCUT2D eigenvalue weighted by Crippen LogP contribution is -2.30. The van der Waals surface area contributed by atoms with Crippen LogP contribution < -0.4 is 10.6 Å². The average molecular weight is 437 g/mol. The number of nitrogens with zero attached hydrogens (tertiary/aromatic N) is 5. The number of aromatic nitrogens is 4. The van der Waals surface area contributed by atoms with Gasteiger partial charge in [0.15, 0.2) is 5.82 Å². The lowest BCUT2D eigenvalue weighted by atomic mass is 10.1. The van der Waals surface area contributed by atoms with E-state index in [1.54, 1.807) is 0 Å². The first kappa shape index (κ1) is 21.1. The molecule has 164 valence electrons. The predicted octanol–water partition coefficient (Wildman–Crippen LogP) is 3.42. The van der Waals surface area contributed by atoms with E-state index < -0.39 is 18.2 Å². The molecule has 2 unspecified atom stereocenters. The molecule has 4 heterocycles. The second-order valence-corrected chi connectivity index (χ2v) is 7.02. The lowest BCUT2D eigenvalue weighted by Gasteiger charge is -2.19. The van der Waals surface area contributed by atoms with Gasteiger partial charge in [0.1, 0.15) is 11.8 Å². The molecule has 0 saturated carbocycles. The first-order chi connectivity index (χ1) is 14.9. The van der Waals surface area contributed by atoms with E-state index in [9.17, 15) is 17.6 Å². The van der Waals surface area contributed by atoms with Gasteiger partial charge in [-0.1, -0.05) is 6.08 Å². The third kappa shape index (κ3) is 5.51. The Morgan fingerprint density at radius 3 is 2.74 bits per heavy atom. The number of dihydropyridines is 1. The van der Waals surface area contributed by atoms with Crippen molar-refractivity contribution < 1.29 is 22.3 Å². The Hall–Kier alpha value is -3.15. The van der Waals surface area contributed by atoms with Crippen LogP contribution in [0.5, 0.6) is 0 Å². The van der Waals surface area contributed by atoms with E-state index in [0.717, 1.165) is 18.9 Å². The van der Waals surface area contributed by atoms with Crippen LogP contribution in [0.4, 0.5) is 35.1 Å². The summed E-state index contributed by atoms with van der Waals surface area (Å²) in [6, 6.07) is 0.781. The Bertz CT molecular complexity index is 989. The summed E-state index contributed by atoms with van der Waals surface area (Å²) in [4.78, 5) is 19.9. The van der Waals surface area contributed by atoms with Crippen molar-refractivity contribution in [1.29, 1.82) is 0 Å². The van der Waals surface area contributed by atoms with Crippen molar-refractivity contribution in [3.8, 4) is 0 Å². The summed E-state index contributed by atoms with van der Waals surface area (Å²) in [5, 5.41) is 5.85. The molecule has 0 bridgehead atoms. The summed E-state index contributed by atoms with van der Waals surface area (Å²) in [6.45, 7) is 1.11. The summed E-state index contributed by atoms with van der Waals surface area (Å²) in [5.41, 5.74) is 0.309. The highest BCUT2D eigenvalue weighted by atomic mass is 19.4. The molecule has 0 radical (unpaired) electrons. The molecule has 2 aromatic rings. The van der Waals surface area contributed by atoms with Crippen molar-refractivity contribution in [2.24, 2.45) is 4.99 Å². The number of aliphatic imine (C=N–C) groups is 1. The Morgan fingerprint density at radius 1 is 1.16 bits per heavy atom. The molecule has 2 aliphatic heterocycles. The fourth-order valence-electron chi connectivity index (χ4n) is 3.16. The molecule has 2 aromatic heterocycles. The number of halogens is 4. The first-order valence-corrected chi connectivity index (χ1v) is 9.68. The highest BCUT2D eigenvalue weighted by molar-refractivity contribution is 6.06. The summed E-state index contributed by atoms with van der Waals surface area (Å²) in [6.07, 6.45) is 1.20. The van der Waals surface area contributed by atoms with Crippen molar-refractivity contribution in [3.63, 3.8) is 0 Å². The molecule has 2 aliphatic rings. The molecule has 1 fully saturated rings.